The van der Waals surface area contributed by atoms with E-state index >= 15 is 0 Å². The average Bonchev–Trinajstić information content (AvgIpc) is 1.70. The third kappa shape index (κ3) is 20.5. The molecular formula is C87H74Br4F4N20O5S. The van der Waals surface area contributed by atoms with E-state index in [9.17, 15) is 40.4 Å². The van der Waals surface area contributed by atoms with Crippen molar-refractivity contribution in [2.75, 3.05) is 35.4 Å². The topological polar surface area (TPSA) is 302 Å². The summed E-state index contributed by atoms with van der Waals surface area (Å²) in [5.74, 6) is 1.03. The molecule has 25 nitrogen and oxygen atoms in total. The highest BCUT2D eigenvalue weighted by molar-refractivity contribution is 9.11. The Kier molecular flexibility index (Phi) is 26.8. The zero-order valence-corrected chi connectivity index (χ0v) is 72.0. The van der Waals surface area contributed by atoms with Crippen LogP contribution in [0.15, 0.2) is 266 Å². The van der Waals surface area contributed by atoms with Crippen molar-refractivity contribution >= 4 is 137 Å². The van der Waals surface area contributed by atoms with E-state index in [-0.39, 0.29) is 51.9 Å². The van der Waals surface area contributed by atoms with E-state index in [1.807, 2.05) is 62.4 Å². The first-order valence-corrected chi connectivity index (χ1v) is 42.4. The highest BCUT2D eigenvalue weighted by Gasteiger charge is 2.25. The summed E-state index contributed by atoms with van der Waals surface area (Å²) in [4.78, 5) is 54.3. The average molecular weight is 1910 g/mol. The summed E-state index contributed by atoms with van der Waals surface area (Å²) in [5.41, 5.74) is 11.7. The van der Waals surface area contributed by atoms with Crippen LogP contribution in [0.25, 0.3) is 67.6 Å². The summed E-state index contributed by atoms with van der Waals surface area (Å²) in [6.07, 6.45) is 8.71. The Morgan fingerprint density at radius 3 is 0.934 bits per heavy atom. The van der Waals surface area contributed by atoms with Gasteiger partial charge in [0.2, 0.25) is 10.0 Å². The van der Waals surface area contributed by atoms with Crippen LogP contribution in [-0.2, 0) is 36.2 Å². The molecule has 0 atom stereocenters. The molecule has 34 heteroatoms. The maximum absolute atomic E-state index is 14.3. The highest BCUT2D eigenvalue weighted by atomic mass is 79.9. The standard InChI is InChI=1S/C23H19BrFN5O.C23H21BrFN5O.C21H17BrFN5O.C20H17BrFN5O2S/c24-18-13-27-30-21(11-20(29-22(18)30)17-3-1-2-4-19(17)25)26-12-14-5-7-15(8-6-14)23(31)28-16-9-10-16;1-14(2)28-23(31)16-9-7-15(8-10-16)12-26-21-11-20(17-5-3-4-6-19(17)25)29-22-18(24)13-27-30(21)22;1-24-21(29)14-8-6-13(7-9-14)11-25-19-10-18(15-4-2-3-5-17(15)23)27-20-16(22)12-26-28(19)20;1-23-30(28,29)14-8-6-13(7-9-14)11-24-19-10-18(15-4-2-3-5-17(15)22)26-20-16(21)12-25-27(19)20/h1-8,11,13,16,26H,9-10,12H2,(H,28,31);3-11,13-14,26H,12H2,1-2H3,(H,28,31);2-10,12,25H,11H2,1H3,(H,24,29);2-10,12,23-24H,11H2,1H3. The van der Waals surface area contributed by atoms with Crippen molar-refractivity contribution in [2.24, 2.45) is 0 Å². The van der Waals surface area contributed by atoms with Crippen LogP contribution >= 0.6 is 63.7 Å². The van der Waals surface area contributed by atoms with Crippen LogP contribution in [0.2, 0.25) is 0 Å². The first-order valence-electron chi connectivity index (χ1n) is 37.7. The molecule has 121 heavy (non-hydrogen) atoms. The number of rotatable bonds is 23. The van der Waals surface area contributed by atoms with E-state index in [2.05, 4.69) is 146 Å². The second-order valence-electron chi connectivity index (χ2n) is 27.7. The molecule has 3 amide bonds. The SMILES string of the molecule is CC(C)NC(=O)c1ccc(CNc2cc(-c3ccccc3F)nc3c(Br)cnn23)cc1.CNC(=O)c1ccc(CNc2cc(-c3ccccc3F)nc3c(Br)cnn23)cc1.CNS(=O)(=O)c1ccc(CNc2cc(-c3ccccc3F)nc3c(Br)cnn23)cc1.O=C(NC1CC1)c1ccc(CNc2cc(-c3ccccc3F)nc3c(Br)cnn23)cc1. The Morgan fingerprint density at radius 2 is 0.669 bits per heavy atom. The second kappa shape index (κ2) is 38.2. The minimum atomic E-state index is -3.48. The maximum Gasteiger partial charge on any atom is 0.251 e. The van der Waals surface area contributed by atoms with E-state index in [0.29, 0.717) is 153 Å². The van der Waals surface area contributed by atoms with Crippen molar-refractivity contribution in [1.82, 2.24) is 79.1 Å². The quantitative estimate of drug-likeness (QED) is 0.0276. The predicted molar refractivity (Wildman–Crippen MR) is 472 cm³/mol. The van der Waals surface area contributed by atoms with Gasteiger partial charge in [0.05, 0.1) is 70.3 Å². The monoisotopic (exact) mass is 1900 g/mol. The number of nitrogens with one attached hydrogen (secondary N) is 8. The predicted octanol–water partition coefficient (Wildman–Crippen LogP) is 17.9. The Morgan fingerprint density at radius 1 is 0.397 bits per heavy atom. The molecule has 8 heterocycles. The summed E-state index contributed by atoms with van der Waals surface area (Å²) in [5, 5.41) is 39.1. The number of benzene rings is 8. The van der Waals surface area contributed by atoms with Gasteiger partial charge in [-0.3, -0.25) is 14.4 Å². The number of aromatic nitrogens is 12. The van der Waals surface area contributed by atoms with Gasteiger partial charge in [-0.05, 0) is 217 Å². The Balaban J connectivity index is 0.000000132. The number of amides is 3. The first kappa shape index (κ1) is 84.8. The molecule has 1 saturated carbocycles. The molecule has 8 aromatic carbocycles. The van der Waals surface area contributed by atoms with Gasteiger partial charge in [-0.2, -0.15) is 38.5 Å². The summed E-state index contributed by atoms with van der Waals surface area (Å²) >= 11 is 13.8. The number of sulfonamides is 1. The largest absolute Gasteiger partial charge is 0.366 e. The molecule has 8 aromatic heterocycles. The van der Waals surface area contributed by atoms with E-state index < -0.39 is 10.0 Å². The summed E-state index contributed by atoms with van der Waals surface area (Å²) < 4.78 is 92.7. The molecule has 16 aromatic rings. The van der Waals surface area contributed by atoms with Crippen LogP contribution in [0.4, 0.5) is 40.8 Å². The number of nitrogens with zero attached hydrogens (tertiary/aromatic N) is 12. The summed E-state index contributed by atoms with van der Waals surface area (Å²) in [6.45, 7) is 5.77. The maximum atomic E-state index is 14.3. The van der Waals surface area contributed by atoms with Crippen LogP contribution in [0, 0.1) is 23.3 Å². The van der Waals surface area contributed by atoms with Crippen molar-refractivity contribution in [3.63, 3.8) is 0 Å². The lowest BCUT2D eigenvalue weighted by molar-refractivity contribution is 0.0937. The van der Waals surface area contributed by atoms with Crippen LogP contribution < -0.4 is 41.9 Å². The summed E-state index contributed by atoms with van der Waals surface area (Å²) in [6, 6.07) is 62.3. The normalized spacial score (nSPS) is 11.8. The van der Waals surface area contributed by atoms with E-state index in [0.717, 1.165) is 39.6 Å². The Labute approximate surface area is 724 Å². The fraction of sp³-hybridized carbons (Fsp3) is 0.138. The Hall–Kier alpha value is -12.6. The number of fused-ring (bicyclic) bond motifs is 4. The van der Waals surface area contributed by atoms with Crippen molar-refractivity contribution in [3.8, 4) is 45.0 Å². The number of anilines is 4. The third-order valence-electron chi connectivity index (χ3n) is 18.9. The molecule has 8 N–H and O–H groups in total. The van der Waals surface area contributed by atoms with Gasteiger partial charge in [0.15, 0.2) is 22.6 Å². The van der Waals surface area contributed by atoms with Crippen molar-refractivity contribution in [3.05, 3.63) is 323 Å². The molecule has 0 bridgehead atoms. The molecule has 1 fully saturated rings. The van der Waals surface area contributed by atoms with Gasteiger partial charge < -0.3 is 37.2 Å². The number of carbonyl (C=O) groups is 3. The zero-order valence-electron chi connectivity index (χ0n) is 64.8. The Bertz CT molecular complexity index is 6410. The van der Waals surface area contributed by atoms with Gasteiger partial charge in [-0.15, -0.1) is 0 Å². The molecule has 0 radical (unpaired) electrons. The van der Waals surface area contributed by atoms with Crippen molar-refractivity contribution < 1.29 is 40.4 Å². The van der Waals surface area contributed by atoms with Crippen LogP contribution in [0.1, 0.15) is 80.0 Å². The third-order valence-corrected chi connectivity index (χ3v) is 22.6. The molecule has 17 rings (SSSR count). The fourth-order valence-electron chi connectivity index (χ4n) is 12.5. The van der Waals surface area contributed by atoms with E-state index in [4.69, 9.17) is 0 Å². The molecule has 0 unspecified atom stereocenters. The smallest absolute Gasteiger partial charge is 0.251 e. The molecule has 614 valence electrons. The fourth-order valence-corrected chi connectivity index (χ4v) is 14.6. The molecule has 1 aliphatic carbocycles. The molecular weight excluding hydrogens is 1830 g/mol. The number of hydrogen-bond donors (Lipinski definition) is 8. The van der Waals surface area contributed by atoms with Gasteiger partial charge >= 0.3 is 0 Å². The highest BCUT2D eigenvalue weighted by Crippen LogP contribution is 2.34. The van der Waals surface area contributed by atoms with Gasteiger partial charge in [-0.1, -0.05) is 97.1 Å². The summed E-state index contributed by atoms with van der Waals surface area (Å²) in [7, 11) is -0.513. The number of hydrogen-bond acceptors (Lipinski definition) is 17. The second-order valence-corrected chi connectivity index (χ2v) is 33.1. The molecule has 0 aliphatic heterocycles. The molecule has 0 spiro atoms. The van der Waals surface area contributed by atoms with Crippen molar-refractivity contribution in [2.45, 2.75) is 69.8 Å². The molecule has 0 saturated heterocycles. The minimum Gasteiger partial charge on any atom is -0.366 e. The van der Waals surface area contributed by atoms with Crippen LogP contribution in [-0.4, -0.2) is 111 Å². The zero-order chi connectivity index (χ0) is 85.0. The molecule has 1 aliphatic rings. The number of carbonyl (C=O) groups excluding carboxylic acids is 3. The lowest BCUT2D eigenvalue weighted by Gasteiger charge is -2.12. The van der Waals surface area contributed by atoms with E-state index in [1.54, 1.807) is 195 Å². The van der Waals surface area contributed by atoms with Crippen molar-refractivity contribution in [1.29, 1.82) is 0 Å². The minimum absolute atomic E-state index is 0.0335. The lowest BCUT2D eigenvalue weighted by Crippen LogP contribution is -2.30. The van der Waals surface area contributed by atoms with Gasteiger partial charge in [0.25, 0.3) is 17.7 Å². The first-order chi connectivity index (χ1) is 58.4. The van der Waals surface area contributed by atoms with Gasteiger partial charge in [0.1, 0.15) is 46.5 Å². The van der Waals surface area contributed by atoms with E-state index in [1.165, 1.54) is 31.3 Å². The van der Waals surface area contributed by atoms with Crippen LogP contribution in [0.3, 0.4) is 0 Å². The van der Waals surface area contributed by atoms with Gasteiger partial charge in [-0.25, -0.2) is 50.6 Å². The number of halogens is 8. The van der Waals surface area contributed by atoms with Gasteiger partial charge in [0, 0.05) is 109 Å². The lowest BCUT2D eigenvalue weighted by atomic mass is 10.1. The van der Waals surface area contributed by atoms with Crippen LogP contribution in [0.5, 0.6) is 0 Å².